The van der Waals surface area contributed by atoms with E-state index in [1.54, 1.807) is 0 Å². The lowest BCUT2D eigenvalue weighted by Crippen LogP contribution is -2.36. The van der Waals surface area contributed by atoms with Crippen LogP contribution in [0.15, 0.2) is 10.7 Å². The van der Waals surface area contributed by atoms with E-state index in [-0.39, 0.29) is 0 Å². The summed E-state index contributed by atoms with van der Waals surface area (Å²) in [5, 5.41) is 0. The van der Waals surface area contributed by atoms with Gasteiger partial charge in [0.2, 0.25) is 0 Å². The van der Waals surface area contributed by atoms with E-state index in [1.165, 1.54) is 61.8 Å². The van der Waals surface area contributed by atoms with E-state index >= 15 is 0 Å². The van der Waals surface area contributed by atoms with Crippen LogP contribution >= 0.6 is 0 Å². The number of hydrogen-bond donors (Lipinski definition) is 0. The van der Waals surface area contributed by atoms with Crippen LogP contribution < -0.4 is 0 Å². The summed E-state index contributed by atoms with van der Waals surface area (Å²) < 4.78 is 6.05. The molecule has 1 aromatic rings. The van der Waals surface area contributed by atoms with Gasteiger partial charge in [-0.3, -0.25) is 0 Å². The third kappa shape index (κ3) is 5.90. The fourth-order valence-corrected chi connectivity index (χ4v) is 5.01. The third-order valence-corrected chi connectivity index (χ3v) is 6.56. The maximum Gasteiger partial charge on any atom is 0.107 e. The molecule has 0 bridgehead atoms. The van der Waals surface area contributed by atoms with E-state index in [2.05, 4.69) is 55.4 Å². The molecular formula is C24H44O. The van der Waals surface area contributed by atoms with Gasteiger partial charge in [0.05, 0.1) is 6.26 Å². The van der Waals surface area contributed by atoms with Crippen molar-refractivity contribution in [1.82, 2.24) is 0 Å². The Morgan fingerprint density at radius 2 is 1.60 bits per heavy atom. The Bertz CT molecular complexity index is 480. The van der Waals surface area contributed by atoms with Crippen molar-refractivity contribution in [3.05, 3.63) is 23.2 Å². The molecule has 25 heavy (non-hydrogen) atoms. The second-order valence-corrected chi connectivity index (χ2v) is 8.88. The predicted molar refractivity (Wildman–Crippen MR) is 111 cm³/mol. The summed E-state index contributed by atoms with van der Waals surface area (Å²) in [6.45, 7) is 18.7. The van der Waals surface area contributed by atoms with Crippen molar-refractivity contribution < 1.29 is 4.42 Å². The fourth-order valence-electron chi connectivity index (χ4n) is 5.01. The van der Waals surface area contributed by atoms with Crippen LogP contribution in [0.4, 0.5) is 0 Å². The molecule has 0 fully saturated rings. The molecule has 146 valence electrons. The smallest absolute Gasteiger partial charge is 0.107 e. The van der Waals surface area contributed by atoms with E-state index in [4.69, 9.17) is 4.42 Å². The van der Waals surface area contributed by atoms with Gasteiger partial charge in [-0.05, 0) is 61.0 Å². The highest BCUT2D eigenvalue weighted by atomic mass is 16.3. The minimum absolute atomic E-state index is 0.380. The Labute approximate surface area is 158 Å². The van der Waals surface area contributed by atoms with Gasteiger partial charge in [0.25, 0.3) is 0 Å². The lowest BCUT2D eigenvalue weighted by Gasteiger charge is -2.44. The number of hydrogen-bond acceptors (Lipinski definition) is 1. The zero-order chi connectivity index (χ0) is 19.0. The highest BCUT2D eigenvalue weighted by Crippen LogP contribution is 2.48. The number of rotatable bonds is 12. The summed E-state index contributed by atoms with van der Waals surface area (Å²) >= 11 is 0. The van der Waals surface area contributed by atoms with Gasteiger partial charge < -0.3 is 4.42 Å². The van der Waals surface area contributed by atoms with Crippen molar-refractivity contribution in [2.75, 3.05) is 0 Å². The molecule has 1 heteroatoms. The van der Waals surface area contributed by atoms with Crippen molar-refractivity contribution in [1.29, 1.82) is 0 Å². The second kappa shape index (κ2) is 10.4. The molecule has 0 radical (unpaired) electrons. The molecule has 0 saturated carbocycles. The molecule has 0 spiro atoms. The van der Waals surface area contributed by atoms with Gasteiger partial charge >= 0.3 is 0 Å². The Kier molecular flexibility index (Phi) is 9.32. The molecule has 0 saturated heterocycles. The lowest BCUT2D eigenvalue weighted by atomic mass is 9.60. The fraction of sp³-hybridized carbons (Fsp3) is 0.833. The highest BCUT2D eigenvalue weighted by molar-refractivity contribution is 5.26. The van der Waals surface area contributed by atoms with E-state index in [9.17, 15) is 0 Å². The summed E-state index contributed by atoms with van der Waals surface area (Å²) in [5.41, 5.74) is 3.06. The quantitative estimate of drug-likeness (QED) is 0.371. The van der Waals surface area contributed by atoms with Crippen LogP contribution in [0.25, 0.3) is 0 Å². The molecule has 0 aliphatic heterocycles. The predicted octanol–water partition coefficient (Wildman–Crippen LogP) is 8.12. The van der Waals surface area contributed by atoms with E-state index in [0.29, 0.717) is 5.41 Å². The molecule has 2 unspecified atom stereocenters. The summed E-state index contributed by atoms with van der Waals surface area (Å²) in [6, 6.07) is 0. The van der Waals surface area contributed by atoms with Gasteiger partial charge in [0.1, 0.15) is 5.76 Å². The standard InChI is InChI=1S/C24H44O/c1-9-13-22(12-4)24(14-18(5)6,15-21(10-2)11-3)16-23-20(8)19(7)17-25-23/h17-18,21-22H,9-16H2,1-8H3. The van der Waals surface area contributed by atoms with E-state index < -0.39 is 0 Å². The van der Waals surface area contributed by atoms with Gasteiger partial charge in [0, 0.05) is 6.42 Å². The molecule has 0 aliphatic carbocycles. The maximum atomic E-state index is 6.05. The first-order valence-corrected chi connectivity index (χ1v) is 10.9. The van der Waals surface area contributed by atoms with Crippen LogP contribution in [0, 0.1) is 37.0 Å². The first kappa shape index (κ1) is 22.3. The molecule has 0 N–H and O–H groups in total. The Morgan fingerprint density at radius 1 is 0.960 bits per heavy atom. The summed E-state index contributed by atoms with van der Waals surface area (Å²) in [7, 11) is 0. The van der Waals surface area contributed by atoms with E-state index in [0.717, 1.165) is 24.2 Å². The normalized spacial score (nSPS) is 15.8. The molecule has 0 aliphatic rings. The number of aryl methyl sites for hydroxylation is 1. The average molecular weight is 349 g/mol. The summed E-state index contributed by atoms with van der Waals surface area (Å²) in [6.07, 6.45) is 12.3. The zero-order valence-corrected chi connectivity index (χ0v) is 18.4. The van der Waals surface area contributed by atoms with Gasteiger partial charge in [-0.2, -0.15) is 0 Å². The second-order valence-electron chi connectivity index (χ2n) is 8.88. The van der Waals surface area contributed by atoms with Crippen LogP contribution in [0.3, 0.4) is 0 Å². The van der Waals surface area contributed by atoms with Gasteiger partial charge in [0.15, 0.2) is 0 Å². The Morgan fingerprint density at radius 3 is 2.00 bits per heavy atom. The highest BCUT2D eigenvalue weighted by Gasteiger charge is 2.40. The maximum absolute atomic E-state index is 6.05. The first-order valence-electron chi connectivity index (χ1n) is 10.9. The molecule has 1 rings (SSSR count). The van der Waals surface area contributed by atoms with Gasteiger partial charge in [-0.1, -0.05) is 73.6 Å². The Balaban J connectivity index is 3.32. The van der Waals surface area contributed by atoms with Crippen molar-refractivity contribution in [2.45, 2.75) is 107 Å². The van der Waals surface area contributed by atoms with Crippen molar-refractivity contribution in [3.8, 4) is 0 Å². The molecule has 1 aromatic heterocycles. The minimum atomic E-state index is 0.380. The zero-order valence-electron chi connectivity index (χ0n) is 18.4. The minimum Gasteiger partial charge on any atom is -0.469 e. The first-order chi connectivity index (χ1) is 11.8. The lowest BCUT2D eigenvalue weighted by molar-refractivity contribution is 0.0645. The molecule has 1 heterocycles. The van der Waals surface area contributed by atoms with E-state index in [1.807, 2.05) is 6.26 Å². The van der Waals surface area contributed by atoms with Crippen molar-refractivity contribution in [2.24, 2.45) is 23.2 Å². The summed E-state index contributed by atoms with van der Waals surface area (Å²) in [5.74, 6) is 3.61. The topological polar surface area (TPSA) is 13.1 Å². The largest absolute Gasteiger partial charge is 0.469 e. The third-order valence-electron chi connectivity index (χ3n) is 6.56. The molecule has 2 atom stereocenters. The van der Waals surface area contributed by atoms with Gasteiger partial charge in [-0.15, -0.1) is 0 Å². The average Bonchev–Trinajstić information content (AvgIpc) is 2.88. The SMILES string of the molecule is CCCC(CC)C(Cc1occ(C)c1C)(CC(C)C)CC(CC)CC. The van der Waals surface area contributed by atoms with Crippen LogP contribution in [0.5, 0.6) is 0 Å². The molecule has 0 aromatic carbocycles. The van der Waals surface area contributed by atoms with Crippen molar-refractivity contribution in [3.63, 3.8) is 0 Å². The molecular weight excluding hydrogens is 304 g/mol. The molecule has 0 amide bonds. The monoisotopic (exact) mass is 348 g/mol. The van der Waals surface area contributed by atoms with Crippen LogP contribution in [0.2, 0.25) is 0 Å². The van der Waals surface area contributed by atoms with Crippen LogP contribution in [-0.2, 0) is 6.42 Å². The van der Waals surface area contributed by atoms with Crippen LogP contribution in [-0.4, -0.2) is 0 Å². The number of furan rings is 1. The van der Waals surface area contributed by atoms with Crippen molar-refractivity contribution >= 4 is 0 Å². The Hall–Kier alpha value is -0.720. The van der Waals surface area contributed by atoms with Gasteiger partial charge in [-0.25, -0.2) is 0 Å². The van der Waals surface area contributed by atoms with Crippen LogP contribution in [0.1, 0.15) is 103 Å². The summed E-state index contributed by atoms with van der Waals surface area (Å²) in [4.78, 5) is 0. The molecule has 1 nitrogen and oxygen atoms in total.